The predicted octanol–water partition coefficient (Wildman–Crippen LogP) is 4.13. The zero-order chi connectivity index (χ0) is 19.8. The largest absolute Gasteiger partial charge is 0.365 e. The molecular weight excluding hydrogens is 393 g/mol. The third-order valence-electron chi connectivity index (χ3n) is 4.82. The fraction of sp³-hybridized carbons (Fsp3) is 0.200. The number of hydrogen-bond acceptors (Lipinski definition) is 7. The maximum absolute atomic E-state index is 13.2. The predicted molar refractivity (Wildman–Crippen MR) is 104 cm³/mol. The molecule has 146 valence electrons. The van der Waals surface area contributed by atoms with Crippen LogP contribution in [0.1, 0.15) is 17.4 Å². The third kappa shape index (κ3) is 3.43. The van der Waals surface area contributed by atoms with Crippen LogP contribution < -0.4 is 0 Å². The average Bonchev–Trinajstić information content (AvgIpc) is 3.41. The minimum atomic E-state index is -0.274. The minimum absolute atomic E-state index is 0.217. The van der Waals surface area contributed by atoms with Crippen LogP contribution in [-0.2, 0) is 17.9 Å². The Balaban J connectivity index is 1.39. The second-order valence-electron chi connectivity index (χ2n) is 6.57. The summed E-state index contributed by atoms with van der Waals surface area (Å²) in [4.78, 5) is 5.64. The number of hydrogen-bond donors (Lipinski definition) is 0. The van der Waals surface area contributed by atoms with Gasteiger partial charge in [-0.3, -0.25) is 0 Å². The van der Waals surface area contributed by atoms with E-state index < -0.39 is 0 Å². The Bertz CT molecular complexity index is 1140. The van der Waals surface area contributed by atoms with E-state index in [1.54, 1.807) is 28.6 Å². The Morgan fingerprint density at radius 3 is 2.66 bits per heavy atom. The first-order valence-corrected chi connectivity index (χ1v) is 10.2. The van der Waals surface area contributed by atoms with E-state index in [1.807, 2.05) is 30.5 Å². The van der Waals surface area contributed by atoms with Gasteiger partial charge in [-0.1, -0.05) is 22.5 Å². The molecule has 0 bridgehead atoms. The van der Waals surface area contributed by atoms with Gasteiger partial charge in [-0.2, -0.15) is 4.98 Å². The quantitative estimate of drug-likeness (QED) is 0.469. The number of nitrogens with zero attached hydrogens (tertiary/aromatic N) is 5. The summed E-state index contributed by atoms with van der Waals surface area (Å²) in [7, 11) is 0. The Hall–Kier alpha value is -3.04. The standard InChI is InChI=1S/C20H16FN5O2S/c1-29-15-8-4-13(5-9-15)19-22-20(28-24-19)18-16-11-27-17(10-26(16)25-23-18)12-2-6-14(21)7-3-12/h2-9,17H,10-11H2,1H3/t17-/m0/s1. The fourth-order valence-corrected chi connectivity index (χ4v) is 3.64. The van der Waals surface area contributed by atoms with E-state index in [9.17, 15) is 4.39 Å². The van der Waals surface area contributed by atoms with Crippen LogP contribution in [-0.4, -0.2) is 31.4 Å². The summed E-state index contributed by atoms with van der Waals surface area (Å²) in [5.74, 6) is 0.526. The van der Waals surface area contributed by atoms with Gasteiger partial charge in [-0.05, 0) is 48.2 Å². The third-order valence-corrected chi connectivity index (χ3v) is 5.56. The normalized spacial score (nSPS) is 16.0. The summed E-state index contributed by atoms with van der Waals surface area (Å²) < 4.78 is 26.3. The van der Waals surface area contributed by atoms with Crippen molar-refractivity contribution >= 4 is 11.8 Å². The van der Waals surface area contributed by atoms with Crippen molar-refractivity contribution in [2.45, 2.75) is 24.2 Å². The lowest BCUT2D eigenvalue weighted by atomic mass is 10.1. The van der Waals surface area contributed by atoms with E-state index >= 15 is 0 Å². The van der Waals surface area contributed by atoms with Crippen LogP contribution in [0.3, 0.4) is 0 Å². The molecule has 1 aliphatic rings. The number of thioether (sulfide) groups is 1. The summed E-state index contributed by atoms with van der Waals surface area (Å²) in [5, 5.41) is 12.5. The van der Waals surface area contributed by atoms with Gasteiger partial charge < -0.3 is 9.26 Å². The lowest BCUT2D eigenvalue weighted by molar-refractivity contribution is -0.00120. The molecule has 2 aromatic heterocycles. The second-order valence-corrected chi connectivity index (χ2v) is 7.45. The highest BCUT2D eigenvalue weighted by Crippen LogP contribution is 2.31. The van der Waals surface area contributed by atoms with Crippen LogP contribution in [0.25, 0.3) is 23.0 Å². The van der Waals surface area contributed by atoms with Crippen molar-refractivity contribution in [1.29, 1.82) is 0 Å². The molecule has 0 saturated heterocycles. The number of benzene rings is 2. The molecule has 1 aliphatic heterocycles. The summed E-state index contributed by atoms with van der Waals surface area (Å²) in [6.45, 7) is 0.773. The Morgan fingerprint density at radius 1 is 1.10 bits per heavy atom. The summed E-state index contributed by atoms with van der Waals surface area (Å²) in [6.07, 6.45) is 1.81. The van der Waals surface area contributed by atoms with Crippen LogP contribution in [0.15, 0.2) is 57.9 Å². The maximum Gasteiger partial charge on any atom is 0.280 e. The summed E-state index contributed by atoms with van der Waals surface area (Å²) in [5.41, 5.74) is 3.05. The van der Waals surface area contributed by atoms with Crippen LogP contribution in [0.2, 0.25) is 0 Å². The van der Waals surface area contributed by atoms with Gasteiger partial charge in [0.25, 0.3) is 5.89 Å². The molecule has 9 heteroatoms. The van der Waals surface area contributed by atoms with Crippen molar-refractivity contribution in [3.05, 3.63) is 65.6 Å². The number of halogens is 1. The van der Waals surface area contributed by atoms with Gasteiger partial charge in [0.2, 0.25) is 5.82 Å². The van der Waals surface area contributed by atoms with Gasteiger partial charge in [0, 0.05) is 10.5 Å². The van der Waals surface area contributed by atoms with Gasteiger partial charge in [-0.25, -0.2) is 9.07 Å². The maximum atomic E-state index is 13.2. The molecule has 3 heterocycles. The minimum Gasteiger partial charge on any atom is -0.365 e. The smallest absolute Gasteiger partial charge is 0.280 e. The molecule has 0 unspecified atom stereocenters. The molecule has 4 aromatic rings. The van der Waals surface area contributed by atoms with Crippen molar-refractivity contribution in [1.82, 2.24) is 25.1 Å². The molecule has 29 heavy (non-hydrogen) atoms. The molecule has 7 nitrogen and oxygen atoms in total. The molecule has 0 fully saturated rings. The summed E-state index contributed by atoms with van der Waals surface area (Å²) >= 11 is 1.67. The first-order valence-electron chi connectivity index (χ1n) is 8.99. The molecule has 1 atom stereocenters. The number of rotatable bonds is 4. The van der Waals surface area contributed by atoms with Crippen LogP contribution in [0, 0.1) is 5.82 Å². The Labute approximate surface area is 169 Å². The van der Waals surface area contributed by atoms with Gasteiger partial charge in [0.15, 0.2) is 5.69 Å². The molecule has 0 amide bonds. The van der Waals surface area contributed by atoms with E-state index in [2.05, 4.69) is 20.5 Å². The van der Waals surface area contributed by atoms with Gasteiger partial charge in [0.1, 0.15) is 11.9 Å². The highest BCUT2D eigenvalue weighted by atomic mass is 32.2. The highest BCUT2D eigenvalue weighted by Gasteiger charge is 2.28. The Morgan fingerprint density at radius 2 is 1.90 bits per heavy atom. The fourth-order valence-electron chi connectivity index (χ4n) is 3.23. The van der Waals surface area contributed by atoms with E-state index in [-0.39, 0.29) is 11.9 Å². The van der Waals surface area contributed by atoms with Crippen molar-refractivity contribution in [3.63, 3.8) is 0 Å². The van der Waals surface area contributed by atoms with Crippen molar-refractivity contribution in [2.24, 2.45) is 0 Å². The number of ether oxygens (including phenoxy) is 1. The molecule has 5 rings (SSSR count). The first-order chi connectivity index (χ1) is 14.2. The zero-order valence-electron chi connectivity index (χ0n) is 15.4. The molecule has 0 saturated carbocycles. The molecule has 2 aromatic carbocycles. The zero-order valence-corrected chi connectivity index (χ0v) is 16.3. The Kier molecular flexibility index (Phi) is 4.61. The monoisotopic (exact) mass is 409 g/mol. The van der Waals surface area contributed by atoms with Crippen molar-refractivity contribution in [3.8, 4) is 23.0 Å². The van der Waals surface area contributed by atoms with Crippen LogP contribution in [0.5, 0.6) is 0 Å². The lowest BCUT2D eigenvalue weighted by Crippen LogP contribution is -2.22. The highest BCUT2D eigenvalue weighted by molar-refractivity contribution is 7.98. The molecule has 0 radical (unpaired) electrons. The van der Waals surface area contributed by atoms with E-state index in [0.29, 0.717) is 30.6 Å². The van der Waals surface area contributed by atoms with E-state index in [4.69, 9.17) is 9.26 Å². The average molecular weight is 409 g/mol. The molecule has 0 N–H and O–H groups in total. The van der Waals surface area contributed by atoms with Gasteiger partial charge in [0.05, 0.1) is 18.8 Å². The topological polar surface area (TPSA) is 78.9 Å². The summed E-state index contributed by atoms with van der Waals surface area (Å²) in [6, 6.07) is 14.2. The SMILES string of the molecule is CSc1ccc(-c2noc(-c3nnn4c3CO[C@H](c3ccc(F)cc3)C4)n2)cc1. The lowest BCUT2D eigenvalue weighted by Gasteiger charge is -2.24. The van der Waals surface area contributed by atoms with Crippen molar-refractivity contribution in [2.75, 3.05) is 6.26 Å². The van der Waals surface area contributed by atoms with Crippen molar-refractivity contribution < 1.29 is 13.7 Å². The first kappa shape index (κ1) is 18.0. The van der Waals surface area contributed by atoms with Crippen LogP contribution >= 0.6 is 11.8 Å². The van der Waals surface area contributed by atoms with E-state index in [0.717, 1.165) is 21.7 Å². The number of fused-ring (bicyclic) bond motifs is 1. The number of aromatic nitrogens is 5. The molecule has 0 aliphatic carbocycles. The molecular formula is C20H16FN5O2S. The van der Waals surface area contributed by atoms with Crippen LogP contribution in [0.4, 0.5) is 4.39 Å². The van der Waals surface area contributed by atoms with Gasteiger partial charge in [-0.15, -0.1) is 16.9 Å². The van der Waals surface area contributed by atoms with E-state index in [1.165, 1.54) is 12.1 Å². The van der Waals surface area contributed by atoms with Gasteiger partial charge >= 0.3 is 0 Å². The second kappa shape index (κ2) is 7.41. The molecule has 0 spiro atoms.